The molecule has 88 valence electrons. The summed E-state index contributed by atoms with van der Waals surface area (Å²) in [6.07, 6.45) is 0.0994. The first-order valence-corrected chi connectivity index (χ1v) is 5.48. The second-order valence-electron chi connectivity index (χ2n) is 3.41. The van der Waals surface area contributed by atoms with E-state index in [-0.39, 0.29) is 12.6 Å². The molecular formula is C11H15ClN2O2. The van der Waals surface area contributed by atoms with Crippen molar-refractivity contribution in [2.45, 2.75) is 19.4 Å². The van der Waals surface area contributed by atoms with Crippen molar-refractivity contribution in [3.8, 4) is 0 Å². The molecule has 5 heteroatoms. The van der Waals surface area contributed by atoms with E-state index in [9.17, 15) is 9.90 Å². The molecule has 0 aliphatic carbocycles. The lowest BCUT2D eigenvalue weighted by atomic mass is 10.3. The number of hydrogen-bond donors (Lipinski definition) is 3. The normalized spacial score (nSPS) is 11.9. The highest BCUT2D eigenvalue weighted by Crippen LogP contribution is 2.14. The third-order valence-electron chi connectivity index (χ3n) is 2.05. The Bertz CT molecular complexity index is 358. The summed E-state index contributed by atoms with van der Waals surface area (Å²) in [5, 5.41) is 15.0. The second kappa shape index (κ2) is 6.35. The largest absolute Gasteiger partial charge is 0.391 e. The summed E-state index contributed by atoms with van der Waals surface area (Å²) in [6, 6.07) is 6.51. The van der Waals surface area contributed by atoms with Gasteiger partial charge in [0.15, 0.2) is 0 Å². The molecule has 3 N–H and O–H groups in total. The molecular weight excluding hydrogens is 228 g/mol. The fourth-order valence-corrected chi connectivity index (χ4v) is 1.29. The molecule has 4 nitrogen and oxygen atoms in total. The van der Waals surface area contributed by atoms with Crippen molar-refractivity contribution in [2.24, 2.45) is 0 Å². The van der Waals surface area contributed by atoms with Gasteiger partial charge >= 0.3 is 6.03 Å². The highest BCUT2D eigenvalue weighted by molar-refractivity contribution is 6.30. The van der Waals surface area contributed by atoms with Gasteiger partial charge in [0.05, 0.1) is 6.10 Å². The topological polar surface area (TPSA) is 61.4 Å². The third kappa shape index (κ3) is 4.51. The number of aliphatic hydroxyl groups excluding tert-OH is 1. The lowest BCUT2D eigenvalue weighted by Crippen LogP contribution is -2.34. The minimum Gasteiger partial charge on any atom is -0.391 e. The molecule has 1 aromatic rings. The van der Waals surface area contributed by atoms with E-state index in [0.717, 1.165) is 0 Å². The van der Waals surface area contributed by atoms with Crippen LogP contribution in [0, 0.1) is 0 Å². The van der Waals surface area contributed by atoms with E-state index in [1.165, 1.54) is 0 Å². The van der Waals surface area contributed by atoms with Crippen molar-refractivity contribution in [1.82, 2.24) is 5.32 Å². The summed E-state index contributed by atoms with van der Waals surface area (Å²) in [6.45, 7) is 2.09. The number of halogens is 1. The number of hydrogen-bond acceptors (Lipinski definition) is 2. The molecule has 0 heterocycles. The molecule has 0 fully saturated rings. The van der Waals surface area contributed by atoms with Gasteiger partial charge in [0.1, 0.15) is 0 Å². The smallest absolute Gasteiger partial charge is 0.319 e. The van der Waals surface area contributed by atoms with Crippen LogP contribution in [0.5, 0.6) is 0 Å². The average Bonchev–Trinajstić information content (AvgIpc) is 2.26. The zero-order valence-electron chi connectivity index (χ0n) is 9.03. The molecule has 2 amide bonds. The van der Waals surface area contributed by atoms with Crippen molar-refractivity contribution in [3.63, 3.8) is 0 Å². The van der Waals surface area contributed by atoms with Gasteiger partial charge in [-0.25, -0.2) is 4.79 Å². The predicted octanol–water partition coefficient (Wildman–Crippen LogP) is 2.23. The Morgan fingerprint density at radius 1 is 1.56 bits per heavy atom. The van der Waals surface area contributed by atoms with Crippen LogP contribution in [0.1, 0.15) is 13.3 Å². The minimum atomic E-state index is -0.509. The van der Waals surface area contributed by atoms with E-state index < -0.39 is 6.10 Å². The van der Waals surface area contributed by atoms with Crippen molar-refractivity contribution in [2.75, 3.05) is 11.9 Å². The summed E-state index contributed by atoms with van der Waals surface area (Å²) in [4.78, 5) is 11.4. The van der Waals surface area contributed by atoms with Crippen LogP contribution in [0.4, 0.5) is 10.5 Å². The Morgan fingerprint density at radius 3 is 2.94 bits per heavy atom. The van der Waals surface area contributed by atoms with Gasteiger partial charge in [-0.15, -0.1) is 0 Å². The summed E-state index contributed by atoms with van der Waals surface area (Å²) in [7, 11) is 0. The maximum Gasteiger partial charge on any atom is 0.319 e. The van der Waals surface area contributed by atoms with Crippen LogP contribution in [0.15, 0.2) is 24.3 Å². The van der Waals surface area contributed by atoms with E-state index in [1.807, 2.05) is 6.92 Å². The fourth-order valence-electron chi connectivity index (χ4n) is 1.10. The van der Waals surface area contributed by atoms with E-state index >= 15 is 0 Å². The Labute approximate surface area is 99.6 Å². The lowest BCUT2D eigenvalue weighted by Gasteiger charge is -2.10. The minimum absolute atomic E-state index is 0.239. The van der Waals surface area contributed by atoms with Crippen LogP contribution in [-0.2, 0) is 0 Å². The van der Waals surface area contributed by atoms with Crippen molar-refractivity contribution in [3.05, 3.63) is 29.3 Å². The van der Waals surface area contributed by atoms with Crippen LogP contribution in [-0.4, -0.2) is 23.8 Å². The van der Waals surface area contributed by atoms with Gasteiger partial charge in [0.25, 0.3) is 0 Å². The fraction of sp³-hybridized carbons (Fsp3) is 0.364. The number of nitrogens with one attached hydrogen (secondary N) is 2. The molecule has 0 aliphatic rings. The Hall–Kier alpha value is -1.26. The van der Waals surface area contributed by atoms with Gasteiger partial charge in [-0.3, -0.25) is 0 Å². The van der Waals surface area contributed by atoms with Crippen LogP contribution in [0.2, 0.25) is 5.02 Å². The number of carbonyl (C=O) groups excluding carboxylic acids is 1. The Kier molecular flexibility index (Phi) is 5.08. The lowest BCUT2D eigenvalue weighted by molar-refractivity contribution is 0.168. The molecule has 16 heavy (non-hydrogen) atoms. The third-order valence-corrected chi connectivity index (χ3v) is 2.29. The van der Waals surface area contributed by atoms with E-state index in [4.69, 9.17) is 11.6 Å². The zero-order chi connectivity index (χ0) is 12.0. The number of benzene rings is 1. The number of carbonyl (C=O) groups is 1. The maximum absolute atomic E-state index is 11.4. The van der Waals surface area contributed by atoms with Gasteiger partial charge in [0, 0.05) is 17.3 Å². The monoisotopic (exact) mass is 242 g/mol. The standard InChI is InChI=1S/C11H15ClN2O2/c1-2-10(15)7-13-11(16)14-9-5-3-4-8(12)6-9/h3-6,10,15H,2,7H2,1H3,(H2,13,14,16). The Morgan fingerprint density at radius 2 is 2.31 bits per heavy atom. The van der Waals surface area contributed by atoms with Gasteiger partial charge in [-0.2, -0.15) is 0 Å². The molecule has 1 unspecified atom stereocenters. The van der Waals surface area contributed by atoms with Gasteiger partial charge in [-0.05, 0) is 24.6 Å². The number of amides is 2. The first kappa shape index (κ1) is 12.8. The SMILES string of the molecule is CCC(O)CNC(=O)Nc1cccc(Cl)c1. The van der Waals surface area contributed by atoms with Crippen LogP contribution in [0.3, 0.4) is 0 Å². The first-order valence-electron chi connectivity index (χ1n) is 5.10. The van der Waals surface area contributed by atoms with Crippen LogP contribution >= 0.6 is 11.6 Å². The van der Waals surface area contributed by atoms with Crippen LogP contribution < -0.4 is 10.6 Å². The summed E-state index contributed by atoms with van der Waals surface area (Å²) in [5.41, 5.74) is 0.621. The van der Waals surface area contributed by atoms with Crippen molar-refractivity contribution >= 4 is 23.3 Å². The number of urea groups is 1. The maximum atomic E-state index is 11.4. The number of anilines is 1. The van der Waals surface area contributed by atoms with Gasteiger partial charge in [0.2, 0.25) is 0 Å². The second-order valence-corrected chi connectivity index (χ2v) is 3.84. The molecule has 0 spiro atoms. The molecule has 0 bridgehead atoms. The summed E-state index contributed by atoms with van der Waals surface area (Å²) < 4.78 is 0. The molecule has 1 rings (SSSR count). The van der Waals surface area contributed by atoms with E-state index in [1.54, 1.807) is 24.3 Å². The summed E-state index contributed by atoms with van der Waals surface area (Å²) in [5.74, 6) is 0. The average molecular weight is 243 g/mol. The molecule has 0 radical (unpaired) electrons. The van der Waals surface area contributed by atoms with Gasteiger partial charge in [-0.1, -0.05) is 24.6 Å². The summed E-state index contributed by atoms with van der Waals surface area (Å²) >= 11 is 5.77. The molecule has 0 aliphatic heterocycles. The predicted molar refractivity (Wildman–Crippen MR) is 64.8 cm³/mol. The number of rotatable bonds is 4. The first-order chi connectivity index (χ1) is 7.61. The zero-order valence-corrected chi connectivity index (χ0v) is 9.79. The molecule has 0 saturated heterocycles. The van der Waals surface area contributed by atoms with E-state index in [0.29, 0.717) is 17.1 Å². The molecule has 0 aromatic heterocycles. The molecule has 1 aromatic carbocycles. The number of aliphatic hydroxyl groups is 1. The highest BCUT2D eigenvalue weighted by atomic mass is 35.5. The van der Waals surface area contributed by atoms with Crippen molar-refractivity contribution in [1.29, 1.82) is 0 Å². The Balaban J connectivity index is 2.40. The highest BCUT2D eigenvalue weighted by Gasteiger charge is 2.04. The quantitative estimate of drug-likeness (QED) is 0.758. The van der Waals surface area contributed by atoms with Gasteiger partial charge < -0.3 is 15.7 Å². The van der Waals surface area contributed by atoms with E-state index in [2.05, 4.69) is 10.6 Å². The molecule has 0 saturated carbocycles. The molecule has 1 atom stereocenters. The van der Waals surface area contributed by atoms with Crippen LogP contribution in [0.25, 0.3) is 0 Å². The van der Waals surface area contributed by atoms with Crippen molar-refractivity contribution < 1.29 is 9.90 Å².